The quantitative estimate of drug-likeness (QED) is 0.605. The van der Waals surface area contributed by atoms with Crippen molar-refractivity contribution < 1.29 is 26.8 Å². The van der Waals surface area contributed by atoms with Crippen molar-refractivity contribution in [2.24, 2.45) is 0 Å². The van der Waals surface area contributed by atoms with Crippen molar-refractivity contribution >= 4 is 22.8 Å². The van der Waals surface area contributed by atoms with Crippen LogP contribution in [0, 0.1) is 0 Å². The summed E-state index contributed by atoms with van der Waals surface area (Å²) in [6.45, 7) is 0.00416. The van der Waals surface area contributed by atoms with Crippen molar-refractivity contribution in [2.75, 3.05) is 13.9 Å². The van der Waals surface area contributed by atoms with Gasteiger partial charge in [0.1, 0.15) is 11.5 Å². The maximum atomic E-state index is 12.2. The van der Waals surface area contributed by atoms with E-state index >= 15 is 0 Å². The first kappa shape index (κ1) is 14.8. The van der Waals surface area contributed by atoms with Gasteiger partial charge in [0.2, 0.25) is 0 Å². The van der Waals surface area contributed by atoms with Gasteiger partial charge in [0.15, 0.2) is 18.8 Å². The molecule has 0 N–H and O–H groups in total. The molecule has 20 heavy (non-hydrogen) atoms. The Bertz CT molecular complexity index is 587. The van der Waals surface area contributed by atoms with Gasteiger partial charge in [-0.05, 0) is 11.5 Å². The lowest BCUT2D eigenvalue weighted by atomic mass is 10.1. The highest BCUT2D eigenvalue weighted by molar-refractivity contribution is 7.95. The Labute approximate surface area is 117 Å². The van der Waals surface area contributed by atoms with Crippen LogP contribution in [0.5, 0.6) is 11.5 Å². The molecular weight excluding hydrogens is 293 g/mol. The molecule has 0 aliphatic rings. The lowest BCUT2D eigenvalue weighted by Crippen LogP contribution is -2.03. The lowest BCUT2D eigenvalue weighted by Gasteiger charge is -2.12. The summed E-state index contributed by atoms with van der Waals surface area (Å²) in [4.78, 5) is 0. The monoisotopic (exact) mass is 304 g/mol. The van der Waals surface area contributed by atoms with Gasteiger partial charge in [0.25, 0.3) is 0 Å². The number of rotatable bonds is 5. The first-order chi connectivity index (χ1) is 9.49. The van der Waals surface area contributed by atoms with Gasteiger partial charge in [-0.2, -0.15) is 13.2 Å². The molecule has 7 heteroatoms. The lowest BCUT2D eigenvalue weighted by molar-refractivity contribution is -0.0369. The number of benzene rings is 2. The molecule has 0 amide bonds. The minimum atomic E-state index is -4.47. The van der Waals surface area contributed by atoms with Crippen LogP contribution in [0.15, 0.2) is 36.4 Å². The number of alkyl halides is 3. The molecule has 0 aliphatic carbocycles. The van der Waals surface area contributed by atoms with Gasteiger partial charge in [-0.1, -0.05) is 24.3 Å². The van der Waals surface area contributed by atoms with E-state index in [0.29, 0.717) is 11.1 Å². The molecule has 0 fully saturated rings. The molecule has 0 aliphatic heterocycles. The molecule has 3 nitrogen and oxygen atoms in total. The van der Waals surface area contributed by atoms with E-state index in [1.54, 1.807) is 30.3 Å². The standard InChI is InChI=1S/C13H11F3O3S/c1-17-8-18-10-6-9-4-2-3-5-11(9)12(7-10)19-20-13(14,15)16/h2-7H,8H2,1H3. The summed E-state index contributed by atoms with van der Waals surface area (Å²) < 4.78 is 51.5. The van der Waals surface area contributed by atoms with Crippen LogP contribution < -0.4 is 8.92 Å². The first-order valence-corrected chi connectivity index (χ1v) is 6.31. The Hall–Kier alpha value is -1.60. The van der Waals surface area contributed by atoms with E-state index in [1.807, 2.05) is 0 Å². The first-order valence-electron chi connectivity index (χ1n) is 5.56. The fraction of sp³-hybridized carbons (Fsp3) is 0.231. The molecule has 0 aromatic heterocycles. The van der Waals surface area contributed by atoms with E-state index in [-0.39, 0.29) is 12.5 Å². The minimum Gasteiger partial charge on any atom is -0.467 e. The van der Waals surface area contributed by atoms with Gasteiger partial charge in [0, 0.05) is 18.6 Å². The minimum absolute atomic E-state index is 0.00416. The highest BCUT2D eigenvalue weighted by atomic mass is 32.2. The molecular formula is C13H11F3O3S. The van der Waals surface area contributed by atoms with E-state index < -0.39 is 17.6 Å². The van der Waals surface area contributed by atoms with Gasteiger partial charge >= 0.3 is 5.51 Å². The van der Waals surface area contributed by atoms with Crippen LogP contribution in [0.25, 0.3) is 10.8 Å². The summed E-state index contributed by atoms with van der Waals surface area (Å²) in [5, 5.41) is 1.30. The third kappa shape index (κ3) is 3.94. The van der Waals surface area contributed by atoms with Gasteiger partial charge in [-0.15, -0.1) is 0 Å². The summed E-state index contributed by atoms with van der Waals surface area (Å²) in [5.74, 6) is 0.472. The number of hydrogen-bond acceptors (Lipinski definition) is 4. The van der Waals surface area contributed by atoms with Crippen LogP contribution in [0.3, 0.4) is 0 Å². The third-order valence-corrected chi connectivity index (χ3v) is 2.82. The van der Waals surface area contributed by atoms with Crippen molar-refractivity contribution in [3.8, 4) is 11.5 Å². The smallest absolute Gasteiger partial charge is 0.467 e. The van der Waals surface area contributed by atoms with Crippen molar-refractivity contribution in [1.29, 1.82) is 0 Å². The average Bonchev–Trinajstić information content (AvgIpc) is 2.41. The molecule has 0 unspecified atom stereocenters. The van der Waals surface area contributed by atoms with Crippen molar-refractivity contribution in [3.05, 3.63) is 36.4 Å². The fourth-order valence-corrected chi connectivity index (χ4v) is 1.94. The molecule has 0 saturated heterocycles. The van der Waals surface area contributed by atoms with Crippen LogP contribution in [0.4, 0.5) is 13.2 Å². The molecule has 2 aromatic rings. The van der Waals surface area contributed by atoms with E-state index in [0.717, 1.165) is 5.39 Å². The number of hydrogen-bond donors (Lipinski definition) is 0. The highest BCUT2D eigenvalue weighted by Gasteiger charge is 2.31. The van der Waals surface area contributed by atoms with Crippen molar-refractivity contribution in [3.63, 3.8) is 0 Å². The summed E-state index contributed by atoms with van der Waals surface area (Å²) in [5.41, 5.74) is -4.47. The normalized spacial score (nSPS) is 11.6. The van der Waals surface area contributed by atoms with Gasteiger partial charge in [0.05, 0.1) is 0 Å². The molecule has 0 atom stereocenters. The Balaban J connectivity index is 2.33. The molecule has 0 bridgehead atoms. The maximum Gasteiger partial charge on any atom is 0.479 e. The van der Waals surface area contributed by atoms with Gasteiger partial charge in [-0.3, -0.25) is 0 Å². The molecule has 0 saturated carbocycles. The highest BCUT2D eigenvalue weighted by Crippen LogP contribution is 2.37. The Morgan fingerprint density at radius 2 is 1.90 bits per heavy atom. The number of methoxy groups -OCH3 is 1. The largest absolute Gasteiger partial charge is 0.479 e. The van der Waals surface area contributed by atoms with Crippen LogP contribution >= 0.6 is 12.0 Å². The zero-order chi connectivity index (χ0) is 14.6. The molecule has 108 valence electrons. The molecule has 2 aromatic carbocycles. The van der Waals surface area contributed by atoms with Crippen LogP contribution in [-0.4, -0.2) is 19.4 Å². The second-order valence-corrected chi connectivity index (χ2v) is 4.60. The number of fused-ring (bicyclic) bond motifs is 1. The fourth-order valence-electron chi connectivity index (χ4n) is 1.62. The second-order valence-electron chi connectivity index (χ2n) is 3.81. The second kappa shape index (κ2) is 6.23. The SMILES string of the molecule is COCOc1cc(OSC(F)(F)F)c2ccccc2c1. The molecule has 0 heterocycles. The van der Waals surface area contributed by atoms with E-state index in [4.69, 9.17) is 13.7 Å². The molecule has 2 rings (SSSR count). The van der Waals surface area contributed by atoms with Crippen molar-refractivity contribution in [2.45, 2.75) is 5.51 Å². The Kier molecular flexibility index (Phi) is 4.61. The zero-order valence-electron chi connectivity index (χ0n) is 10.4. The van der Waals surface area contributed by atoms with Crippen LogP contribution in [0.1, 0.15) is 0 Å². The van der Waals surface area contributed by atoms with Crippen molar-refractivity contribution in [1.82, 2.24) is 0 Å². The predicted octanol–water partition coefficient (Wildman–Crippen LogP) is 4.37. The zero-order valence-corrected chi connectivity index (χ0v) is 11.3. The van der Waals surface area contributed by atoms with Crippen LogP contribution in [-0.2, 0) is 4.74 Å². The van der Waals surface area contributed by atoms with Crippen LogP contribution in [0.2, 0.25) is 0 Å². The van der Waals surface area contributed by atoms with E-state index in [9.17, 15) is 13.2 Å². The van der Waals surface area contributed by atoms with Gasteiger partial charge < -0.3 is 13.7 Å². The maximum absolute atomic E-state index is 12.2. The summed E-state index contributed by atoms with van der Waals surface area (Å²) in [7, 11) is 1.46. The number of halogens is 3. The summed E-state index contributed by atoms with van der Waals surface area (Å²) >= 11 is -0.553. The molecule has 0 radical (unpaired) electrons. The van der Waals surface area contributed by atoms with E-state index in [2.05, 4.69) is 0 Å². The Morgan fingerprint density at radius 3 is 2.60 bits per heavy atom. The van der Waals surface area contributed by atoms with Gasteiger partial charge in [-0.25, -0.2) is 0 Å². The topological polar surface area (TPSA) is 27.7 Å². The average molecular weight is 304 g/mol. The third-order valence-electron chi connectivity index (χ3n) is 2.37. The predicted molar refractivity (Wildman–Crippen MR) is 70.7 cm³/mol. The molecule has 0 spiro atoms. The summed E-state index contributed by atoms with van der Waals surface area (Å²) in [6, 6.07) is 10.1. The summed E-state index contributed by atoms with van der Waals surface area (Å²) in [6.07, 6.45) is 0. The number of ether oxygens (including phenoxy) is 2. The Morgan fingerprint density at radius 1 is 1.15 bits per heavy atom. The van der Waals surface area contributed by atoms with E-state index in [1.165, 1.54) is 13.2 Å².